The van der Waals surface area contributed by atoms with Gasteiger partial charge in [-0.05, 0) is 48.0 Å². The lowest BCUT2D eigenvalue weighted by molar-refractivity contribution is -0.123. The molecule has 1 saturated heterocycles. The SMILES string of the molecule is COc1ccc(N2C(=O)CS[C@@]23C(=O)N(Cc2cccc(OC)c2)c2ccccc23)cc1. The van der Waals surface area contributed by atoms with Crippen molar-refractivity contribution in [2.45, 2.75) is 11.4 Å². The maximum absolute atomic E-state index is 14.1. The number of thioether (sulfide) groups is 1. The van der Waals surface area contributed by atoms with Gasteiger partial charge in [0.15, 0.2) is 0 Å². The fourth-order valence-corrected chi connectivity index (χ4v) is 5.76. The maximum Gasteiger partial charge on any atom is 0.269 e. The molecule has 6 nitrogen and oxygen atoms in total. The molecule has 0 N–H and O–H groups in total. The number of carbonyl (C=O) groups is 2. The van der Waals surface area contributed by atoms with Crippen molar-refractivity contribution in [3.63, 3.8) is 0 Å². The van der Waals surface area contributed by atoms with E-state index < -0.39 is 4.87 Å². The highest BCUT2D eigenvalue weighted by Gasteiger charge is 2.60. The quantitative estimate of drug-likeness (QED) is 0.588. The Balaban J connectivity index is 1.60. The van der Waals surface area contributed by atoms with Gasteiger partial charge >= 0.3 is 0 Å². The highest BCUT2D eigenvalue weighted by molar-refractivity contribution is 8.02. The molecule has 0 unspecified atom stereocenters. The molecule has 5 rings (SSSR count). The predicted molar refractivity (Wildman–Crippen MR) is 125 cm³/mol. The van der Waals surface area contributed by atoms with E-state index >= 15 is 0 Å². The van der Waals surface area contributed by atoms with E-state index in [-0.39, 0.29) is 17.6 Å². The number of hydrogen-bond acceptors (Lipinski definition) is 5. The highest BCUT2D eigenvalue weighted by Crippen LogP contribution is 2.56. The lowest BCUT2D eigenvalue weighted by Gasteiger charge is -2.33. The molecule has 2 aliphatic heterocycles. The van der Waals surface area contributed by atoms with Gasteiger partial charge in [0, 0.05) is 11.3 Å². The molecule has 2 heterocycles. The molecule has 0 saturated carbocycles. The van der Waals surface area contributed by atoms with E-state index in [1.54, 1.807) is 36.2 Å². The zero-order valence-electron chi connectivity index (χ0n) is 17.8. The standard InChI is InChI=1S/C25H22N2O4S/c1-30-19-12-10-18(11-13-19)27-23(28)16-32-25(27)21-8-3-4-9-22(21)26(24(25)29)15-17-6-5-7-20(14-17)31-2/h3-14H,15-16H2,1-2H3/t25-/m0/s1. The second-order valence-electron chi connectivity index (χ2n) is 7.62. The Labute approximate surface area is 190 Å². The minimum atomic E-state index is -1.12. The largest absolute Gasteiger partial charge is 0.497 e. The number of methoxy groups -OCH3 is 2. The molecule has 0 aromatic heterocycles. The number of hydrogen-bond donors (Lipinski definition) is 0. The Morgan fingerprint density at radius 2 is 1.66 bits per heavy atom. The van der Waals surface area contributed by atoms with Crippen molar-refractivity contribution in [3.05, 3.63) is 83.9 Å². The van der Waals surface area contributed by atoms with Gasteiger partial charge in [-0.2, -0.15) is 0 Å². The van der Waals surface area contributed by atoms with Crippen LogP contribution in [0.1, 0.15) is 11.1 Å². The summed E-state index contributed by atoms with van der Waals surface area (Å²) in [5, 5.41) is 0. The van der Waals surface area contributed by atoms with Gasteiger partial charge in [0.1, 0.15) is 11.5 Å². The first-order chi connectivity index (χ1) is 15.6. The Kier molecular flexibility index (Phi) is 5.06. The number of para-hydroxylation sites is 1. The van der Waals surface area contributed by atoms with Crippen LogP contribution in [-0.4, -0.2) is 31.8 Å². The summed E-state index contributed by atoms with van der Waals surface area (Å²) in [5.74, 6) is 1.46. The summed E-state index contributed by atoms with van der Waals surface area (Å²) in [6, 6.07) is 22.7. The predicted octanol–water partition coefficient (Wildman–Crippen LogP) is 4.18. The maximum atomic E-state index is 14.1. The molecule has 3 aromatic carbocycles. The number of benzene rings is 3. The molecule has 32 heavy (non-hydrogen) atoms. The fourth-order valence-electron chi connectivity index (χ4n) is 4.40. The van der Waals surface area contributed by atoms with Crippen LogP contribution in [-0.2, 0) is 21.0 Å². The van der Waals surface area contributed by atoms with E-state index in [0.717, 1.165) is 22.6 Å². The summed E-state index contributed by atoms with van der Waals surface area (Å²) in [6.45, 7) is 0.389. The molecule has 7 heteroatoms. The minimum Gasteiger partial charge on any atom is -0.497 e. The minimum absolute atomic E-state index is 0.0912. The van der Waals surface area contributed by atoms with Crippen LogP contribution in [0.25, 0.3) is 0 Å². The lowest BCUT2D eigenvalue weighted by Crippen LogP contribution is -2.49. The van der Waals surface area contributed by atoms with Crippen LogP contribution in [0.4, 0.5) is 11.4 Å². The normalized spacial score (nSPS) is 19.6. The van der Waals surface area contributed by atoms with Crippen molar-refractivity contribution in [2.75, 3.05) is 29.8 Å². The number of fused-ring (bicyclic) bond motifs is 2. The molecule has 2 amide bonds. The smallest absolute Gasteiger partial charge is 0.269 e. The van der Waals surface area contributed by atoms with E-state index in [1.165, 1.54) is 11.8 Å². The van der Waals surface area contributed by atoms with Crippen molar-refractivity contribution >= 4 is 35.0 Å². The highest BCUT2D eigenvalue weighted by atomic mass is 32.2. The molecule has 0 radical (unpaired) electrons. The molecule has 0 bridgehead atoms. The zero-order chi connectivity index (χ0) is 22.3. The molecule has 0 aliphatic carbocycles. The molecule has 3 aromatic rings. The summed E-state index contributed by atoms with van der Waals surface area (Å²) in [5.41, 5.74) is 3.28. The van der Waals surface area contributed by atoms with Gasteiger partial charge in [0.05, 0.1) is 32.2 Å². The third kappa shape index (κ3) is 3.04. The monoisotopic (exact) mass is 446 g/mol. The van der Waals surface area contributed by atoms with Gasteiger partial charge in [0.25, 0.3) is 5.91 Å². The average molecular weight is 447 g/mol. The summed E-state index contributed by atoms with van der Waals surface area (Å²) in [4.78, 5) is 29.4. The first kappa shape index (κ1) is 20.5. The van der Waals surface area contributed by atoms with Gasteiger partial charge in [-0.3, -0.25) is 14.5 Å². The van der Waals surface area contributed by atoms with Crippen molar-refractivity contribution in [1.82, 2.24) is 0 Å². The van der Waals surface area contributed by atoms with Crippen molar-refractivity contribution in [3.8, 4) is 11.5 Å². The van der Waals surface area contributed by atoms with Crippen LogP contribution in [0.3, 0.4) is 0 Å². The van der Waals surface area contributed by atoms with Gasteiger partial charge < -0.3 is 14.4 Å². The summed E-state index contributed by atoms with van der Waals surface area (Å²) >= 11 is 1.38. The van der Waals surface area contributed by atoms with Crippen LogP contribution in [0, 0.1) is 0 Å². The van der Waals surface area contributed by atoms with Crippen LogP contribution < -0.4 is 19.3 Å². The lowest BCUT2D eigenvalue weighted by atomic mass is 10.0. The third-order valence-corrected chi connectivity index (χ3v) is 7.26. The van der Waals surface area contributed by atoms with E-state index in [0.29, 0.717) is 18.0 Å². The van der Waals surface area contributed by atoms with Crippen molar-refractivity contribution in [1.29, 1.82) is 0 Å². The Morgan fingerprint density at radius 3 is 2.41 bits per heavy atom. The van der Waals surface area contributed by atoms with Gasteiger partial charge in [0.2, 0.25) is 10.8 Å². The number of ether oxygens (including phenoxy) is 2. The fraction of sp³-hybridized carbons (Fsp3) is 0.200. The Hall–Kier alpha value is -3.45. The average Bonchev–Trinajstić information content (AvgIpc) is 3.30. The number of anilines is 2. The van der Waals surface area contributed by atoms with Gasteiger partial charge in [-0.15, -0.1) is 11.8 Å². The second kappa shape index (κ2) is 7.91. The van der Waals surface area contributed by atoms with Crippen LogP contribution >= 0.6 is 11.8 Å². The van der Waals surface area contributed by atoms with E-state index in [1.807, 2.05) is 60.7 Å². The molecular weight excluding hydrogens is 424 g/mol. The molecule has 2 aliphatic rings. The first-order valence-electron chi connectivity index (χ1n) is 10.2. The van der Waals surface area contributed by atoms with Gasteiger partial charge in [-0.25, -0.2) is 0 Å². The molecule has 1 atom stereocenters. The van der Waals surface area contributed by atoms with Crippen LogP contribution in [0.5, 0.6) is 11.5 Å². The van der Waals surface area contributed by atoms with Crippen molar-refractivity contribution in [2.24, 2.45) is 0 Å². The Bertz CT molecular complexity index is 1200. The molecule has 162 valence electrons. The summed E-state index contributed by atoms with van der Waals surface area (Å²) in [7, 11) is 3.22. The number of rotatable bonds is 5. The number of nitrogens with zero attached hydrogens (tertiary/aromatic N) is 2. The molecule has 1 fully saturated rings. The van der Waals surface area contributed by atoms with Crippen molar-refractivity contribution < 1.29 is 19.1 Å². The van der Waals surface area contributed by atoms with Gasteiger partial charge in [-0.1, -0.05) is 30.3 Å². The molecular formula is C25H22N2O4S. The van der Waals surface area contributed by atoms with E-state index in [2.05, 4.69) is 0 Å². The Morgan fingerprint density at radius 1 is 0.906 bits per heavy atom. The molecule has 1 spiro atoms. The topological polar surface area (TPSA) is 59.1 Å². The van der Waals surface area contributed by atoms with Crippen LogP contribution in [0.2, 0.25) is 0 Å². The third-order valence-electron chi connectivity index (χ3n) is 5.87. The summed E-state index contributed by atoms with van der Waals surface area (Å²) < 4.78 is 10.6. The van der Waals surface area contributed by atoms with Crippen LogP contribution in [0.15, 0.2) is 72.8 Å². The first-order valence-corrected chi connectivity index (χ1v) is 11.2. The zero-order valence-corrected chi connectivity index (χ0v) is 18.6. The summed E-state index contributed by atoms with van der Waals surface area (Å²) in [6.07, 6.45) is 0. The second-order valence-corrected chi connectivity index (χ2v) is 8.79. The number of amides is 2. The van der Waals surface area contributed by atoms with E-state index in [9.17, 15) is 9.59 Å². The number of carbonyl (C=O) groups excluding carboxylic acids is 2. The van der Waals surface area contributed by atoms with E-state index in [4.69, 9.17) is 9.47 Å².